The van der Waals surface area contributed by atoms with E-state index in [9.17, 15) is 14.7 Å². The number of rotatable bonds is 5. The van der Waals surface area contributed by atoms with Gasteiger partial charge in [-0.05, 0) is 18.6 Å². The zero-order chi connectivity index (χ0) is 20.1. The van der Waals surface area contributed by atoms with Gasteiger partial charge in [-0.25, -0.2) is 4.79 Å². The Morgan fingerprint density at radius 2 is 1.81 bits per heavy atom. The van der Waals surface area contributed by atoms with Crippen LogP contribution in [0.25, 0.3) is 0 Å². The number of hydrogen-bond acceptors (Lipinski definition) is 6. The van der Waals surface area contributed by atoms with Crippen molar-refractivity contribution in [2.24, 2.45) is 19.1 Å². The maximum atomic E-state index is 12.4. The predicted octanol–water partition coefficient (Wildman–Crippen LogP) is -0.889. The molecule has 150 valence electrons. The largest absolute Gasteiger partial charge is 0.494 e. The van der Waals surface area contributed by atoms with E-state index in [1.54, 1.807) is 0 Å². The highest BCUT2D eigenvalue weighted by Gasteiger charge is 2.20. The summed E-state index contributed by atoms with van der Waals surface area (Å²) in [6.45, 7) is 6.68. The summed E-state index contributed by atoms with van der Waals surface area (Å²) in [5.41, 5.74) is -0.468. The van der Waals surface area contributed by atoms with E-state index in [0.717, 1.165) is 47.0 Å². The second kappa shape index (κ2) is 9.14. The summed E-state index contributed by atoms with van der Waals surface area (Å²) in [6.07, 6.45) is 0.491. The summed E-state index contributed by atoms with van der Waals surface area (Å²) < 4.78 is 2.05. The van der Waals surface area contributed by atoms with Crippen molar-refractivity contribution in [1.29, 1.82) is 0 Å². The number of nitrogens with one attached hydrogen (secondary N) is 1. The van der Waals surface area contributed by atoms with Gasteiger partial charge in [0.2, 0.25) is 5.88 Å². The molecule has 0 amide bonds. The van der Waals surface area contributed by atoms with Crippen LogP contribution in [0.3, 0.4) is 0 Å². The van der Waals surface area contributed by atoms with Crippen LogP contribution >= 0.6 is 12.2 Å². The lowest BCUT2D eigenvalue weighted by Gasteiger charge is -2.35. The molecule has 1 fully saturated rings. The normalized spacial score (nSPS) is 15.9. The first kappa shape index (κ1) is 21.1. The molecule has 0 radical (unpaired) electrons. The van der Waals surface area contributed by atoms with Crippen molar-refractivity contribution in [3.8, 4) is 5.88 Å². The first-order valence-electron chi connectivity index (χ1n) is 9.03. The lowest BCUT2D eigenvalue weighted by atomic mass is 10.1. The third-order valence-corrected chi connectivity index (χ3v) is 5.31. The fourth-order valence-corrected chi connectivity index (χ4v) is 3.30. The van der Waals surface area contributed by atoms with Gasteiger partial charge in [0.25, 0.3) is 5.56 Å². The van der Waals surface area contributed by atoms with Crippen LogP contribution in [-0.2, 0) is 14.1 Å². The average Bonchev–Trinajstić information content (AvgIpc) is 2.69. The van der Waals surface area contributed by atoms with E-state index in [4.69, 9.17) is 12.2 Å². The monoisotopic (exact) mass is 396 g/mol. The van der Waals surface area contributed by atoms with Crippen molar-refractivity contribution in [2.45, 2.75) is 13.3 Å². The molecule has 0 saturated carbocycles. The Morgan fingerprint density at radius 1 is 1.19 bits per heavy atom. The molecule has 1 saturated heterocycles. The molecule has 27 heavy (non-hydrogen) atoms. The van der Waals surface area contributed by atoms with Crippen molar-refractivity contribution in [2.75, 3.05) is 46.3 Å². The first-order chi connectivity index (χ1) is 12.8. The molecule has 0 spiro atoms. The van der Waals surface area contributed by atoms with E-state index in [2.05, 4.69) is 20.1 Å². The van der Waals surface area contributed by atoms with Gasteiger partial charge in [-0.15, -0.1) is 0 Å². The highest BCUT2D eigenvalue weighted by atomic mass is 32.1. The van der Waals surface area contributed by atoms with Crippen molar-refractivity contribution >= 4 is 23.0 Å². The van der Waals surface area contributed by atoms with Crippen LogP contribution in [0.4, 0.5) is 0 Å². The van der Waals surface area contributed by atoms with Crippen LogP contribution < -0.4 is 16.6 Å². The molecule has 2 heterocycles. The van der Waals surface area contributed by atoms with Crippen LogP contribution in [0, 0.1) is 0 Å². The minimum atomic E-state index is -0.561. The zero-order valence-corrected chi connectivity index (χ0v) is 17.2. The molecular formula is C17H28N6O3S. The van der Waals surface area contributed by atoms with Gasteiger partial charge in [-0.2, -0.15) is 0 Å². The quantitative estimate of drug-likeness (QED) is 0.493. The number of piperazine rings is 1. The van der Waals surface area contributed by atoms with E-state index in [1.807, 2.05) is 14.0 Å². The van der Waals surface area contributed by atoms with Crippen molar-refractivity contribution in [1.82, 2.24) is 24.3 Å². The summed E-state index contributed by atoms with van der Waals surface area (Å²) in [7, 11) is 4.66. The van der Waals surface area contributed by atoms with Crippen LogP contribution in [0.5, 0.6) is 5.88 Å². The highest BCUT2D eigenvalue weighted by molar-refractivity contribution is 7.80. The summed E-state index contributed by atoms with van der Waals surface area (Å²) in [5.74, 6) is -0.335. The fourth-order valence-electron chi connectivity index (χ4n) is 3.11. The van der Waals surface area contributed by atoms with Crippen LogP contribution in [-0.4, -0.2) is 81.2 Å². The molecule has 1 aliphatic heterocycles. The number of nitrogens with zero attached hydrogens (tertiary/aromatic N) is 5. The van der Waals surface area contributed by atoms with Gasteiger partial charge < -0.3 is 15.3 Å². The molecule has 2 rings (SSSR count). The Labute approximate surface area is 163 Å². The van der Waals surface area contributed by atoms with Crippen molar-refractivity contribution in [3.63, 3.8) is 0 Å². The van der Waals surface area contributed by atoms with Crippen molar-refractivity contribution in [3.05, 3.63) is 26.4 Å². The molecule has 0 atom stereocenters. The van der Waals surface area contributed by atoms with Crippen molar-refractivity contribution < 1.29 is 5.11 Å². The maximum Gasteiger partial charge on any atom is 0.333 e. The second-order valence-corrected chi connectivity index (χ2v) is 6.86. The van der Waals surface area contributed by atoms with Crippen LogP contribution in [0.15, 0.2) is 14.6 Å². The molecule has 0 aromatic carbocycles. The second-order valence-electron chi connectivity index (χ2n) is 6.47. The van der Waals surface area contributed by atoms with Gasteiger partial charge in [-0.3, -0.25) is 23.8 Å². The number of aromatic hydroxyl groups is 1. The number of thiocarbonyl (C=S) groups is 1. The first-order valence-corrected chi connectivity index (χ1v) is 9.44. The van der Waals surface area contributed by atoms with Gasteiger partial charge in [-0.1, -0.05) is 6.92 Å². The maximum absolute atomic E-state index is 12.4. The molecule has 9 nitrogen and oxygen atoms in total. The lowest BCUT2D eigenvalue weighted by molar-refractivity contribution is 0.186. The third kappa shape index (κ3) is 4.56. The molecule has 1 aromatic rings. The Morgan fingerprint density at radius 3 is 2.37 bits per heavy atom. The third-order valence-electron chi connectivity index (χ3n) is 4.85. The Kier molecular flexibility index (Phi) is 7.14. The predicted molar refractivity (Wildman–Crippen MR) is 110 cm³/mol. The summed E-state index contributed by atoms with van der Waals surface area (Å²) in [4.78, 5) is 33.3. The minimum absolute atomic E-state index is 0.103. The Balaban J connectivity index is 2.08. The number of aromatic nitrogens is 2. The summed E-state index contributed by atoms with van der Waals surface area (Å²) in [5, 5.41) is 14.0. The molecule has 1 aliphatic rings. The van der Waals surface area contributed by atoms with Gasteiger partial charge in [0.05, 0.1) is 12.3 Å². The Hall–Kier alpha value is -2.20. The molecule has 10 heteroatoms. The van der Waals surface area contributed by atoms with E-state index in [0.29, 0.717) is 18.7 Å². The highest BCUT2D eigenvalue weighted by Crippen LogP contribution is 2.12. The Bertz CT molecular complexity index is 836. The molecule has 1 aromatic heterocycles. The summed E-state index contributed by atoms with van der Waals surface area (Å²) >= 11 is 5.25. The SMILES string of the molecule is CCC(=NCCN1CCN(C(=S)NC)CC1)c1c(O)n(C)c(=O)n(C)c1=O. The molecule has 0 unspecified atom stereocenters. The minimum Gasteiger partial charge on any atom is -0.494 e. The van der Waals surface area contributed by atoms with Crippen LogP contribution in [0.2, 0.25) is 0 Å². The standard InChI is InChI=1S/C17H28N6O3S/c1-5-12(13-14(24)20(3)17(26)21(4)15(13)25)19-6-7-22-8-10-23(11-9-22)16(27)18-2/h24H,5-11H2,1-4H3,(H,18,27). The molecule has 2 N–H and O–H groups in total. The zero-order valence-electron chi connectivity index (χ0n) is 16.4. The lowest BCUT2D eigenvalue weighted by Crippen LogP contribution is -2.51. The van der Waals surface area contributed by atoms with Gasteiger partial charge >= 0.3 is 5.69 Å². The number of hydrogen-bond donors (Lipinski definition) is 2. The van der Waals surface area contributed by atoms with E-state index in [1.165, 1.54) is 14.1 Å². The molecule has 0 bridgehead atoms. The number of aliphatic imine (C=N–C) groups is 1. The smallest absolute Gasteiger partial charge is 0.333 e. The molecule has 0 aliphatic carbocycles. The van der Waals surface area contributed by atoms with Gasteiger partial charge in [0, 0.05) is 53.9 Å². The van der Waals surface area contributed by atoms with E-state index >= 15 is 0 Å². The fraction of sp³-hybridized carbons (Fsp3) is 0.647. The van der Waals surface area contributed by atoms with Gasteiger partial charge in [0.15, 0.2) is 5.11 Å². The van der Waals surface area contributed by atoms with E-state index < -0.39 is 11.2 Å². The summed E-state index contributed by atoms with van der Waals surface area (Å²) in [6, 6.07) is 0. The average molecular weight is 397 g/mol. The molecular weight excluding hydrogens is 368 g/mol. The van der Waals surface area contributed by atoms with Crippen LogP contribution in [0.1, 0.15) is 18.9 Å². The van der Waals surface area contributed by atoms with E-state index in [-0.39, 0.29) is 11.4 Å². The van der Waals surface area contributed by atoms with Gasteiger partial charge in [0.1, 0.15) is 5.56 Å². The topological polar surface area (TPSA) is 95.1 Å².